The van der Waals surface area contributed by atoms with Crippen molar-refractivity contribution in [2.45, 2.75) is 32.4 Å². The number of carbonyl (C=O) groups excluding carboxylic acids is 1. The third-order valence-corrected chi connectivity index (χ3v) is 3.98. The zero-order chi connectivity index (χ0) is 12.9. The van der Waals surface area contributed by atoms with Gasteiger partial charge in [0.2, 0.25) is 0 Å². The van der Waals surface area contributed by atoms with Crippen LogP contribution in [0, 0.1) is 0 Å². The lowest BCUT2D eigenvalue weighted by molar-refractivity contribution is 0.0598. The van der Waals surface area contributed by atoms with E-state index in [0.29, 0.717) is 12.3 Å². The summed E-state index contributed by atoms with van der Waals surface area (Å²) in [6.45, 7) is 8.03. The Morgan fingerprint density at radius 3 is 2.76 bits per heavy atom. The van der Waals surface area contributed by atoms with Crippen molar-refractivity contribution >= 4 is 14.0 Å². The van der Waals surface area contributed by atoms with Crippen LogP contribution in [0.4, 0.5) is 0 Å². The van der Waals surface area contributed by atoms with Gasteiger partial charge in [-0.2, -0.15) is 5.10 Å². The maximum atomic E-state index is 11.2. The fourth-order valence-corrected chi connectivity index (χ4v) is 1.95. The number of nitrogens with zero attached hydrogens (tertiary/aromatic N) is 2. The first-order chi connectivity index (χ1) is 7.92. The zero-order valence-electron chi connectivity index (χ0n) is 10.9. The number of aromatic nitrogens is 2. The SMILES string of the molecule is COC(=O)c1cnn(COCC[Si](C)(C)C)c1. The van der Waals surface area contributed by atoms with Gasteiger partial charge in [0.15, 0.2) is 0 Å². The topological polar surface area (TPSA) is 53.3 Å². The summed E-state index contributed by atoms with van der Waals surface area (Å²) in [6, 6.07) is 1.12. The van der Waals surface area contributed by atoms with Gasteiger partial charge in [-0.25, -0.2) is 9.48 Å². The second-order valence-electron chi connectivity index (χ2n) is 5.11. The van der Waals surface area contributed by atoms with Crippen molar-refractivity contribution in [3.63, 3.8) is 0 Å². The lowest BCUT2D eigenvalue weighted by atomic mass is 10.4. The number of hydrogen-bond donors (Lipinski definition) is 0. The molecule has 5 nitrogen and oxygen atoms in total. The predicted molar refractivity (Wildman–Crippen MR) is 67.7 cm³/mol. The monoisotopic (exact) mass is 256 g/mol. The van der Waals surface area contributed by atoms with Crippen molar-refractivity contribution in [2.75, 3.05) is 13.7 Å². The van der Waals surface area contributed by atoms with E-state index >= 15 is 0 Å². The van der Waals surface area contributed by atoms with Gasteiger partial charge in [0.05, 0.1) is 18.9 Å². The molecule has 0 aliphatic heterocycles. The van der Waals surface area contributed by atoms with E-state index in [1.165, 1.54) is 13.3 Å². The summed E-state index contributed by atoms with van der Waals surface area (Å²) in [5.74, 6) is -0.377. The molecule has 1 aromatic heterocycles. The molecule has 1 aromatic rings. The van der Waals surface area contributed by atoms with Gasteiger partial charge in [-0.15, -0.1) is 0 Å². The maximum absolute atomic E-state index is 11.2. The highest BCUT2D eigenvalue weighted by Gasteiger charge is 2.12. The molecule has 6 heteroatoms. The molecule has 0 spiro atoms. The molecule has 0 saturated carbocycles. The summed E-state index contributed by atoms with van der Waals surface area (Å²) >= 11 is 0. The van der Waals surface area contributed by atoms with E-state index in [0.717, 1.165) is 12.7 Å². The molecule has 1 rings (SSSR count). The zero-order valence-corrected chi connectivity index (χ0v) is 11.9. The molecule has 0 N–H and O–H groups in total. The molecule has 0 aliphatic rings. The molecule has 0 radical (unpaired) electrons. The van der Waals surface area contributed by atoms with Crippen molar-refractivity contribution in [2.24, 2.45) is 0 Å². The standard InChI is InChI=1S/C11H20N2O3Si/c1-15-11(14)10-7-12-13(8-10)9-16-5-6-17(2,3)4/h7-8H,5-6,9H2,1-4H3. The van der Waals surface area contributed by atoms with Crippen molar-refractivity contribution in [1.82, 2.24) is 9.78 Å². The van der Waals surface area contributed by atoms with E-state index in [-0.39, 0.29) is 5.97 Å². The summed E-state index contributed by atoms with van der Waals surface area (Å²) in [4.78, 5) is 11.2. The van der Waals surface area contributed by atoms with Gasteiger partial charge in [0, 0.05) is 20.9 Å². The Kier molecular flexibility index (Phi) is 4.89. The van der Waals surface area contributed by atoms with Crippen LogP contribution in [0.5, 0.6) is 0 Å². The van der Waals surface area contributed by atoms with Gasteiger partial charge in [0.25, 0.3) is 0 Å². The first kappa shape index (κ1) is 13.9. The number of ether oxygens (including phenoxy) is 2. The second-order valence-corrected chi connectivity index (χ2v) is 10.7. The Morgan fingerprint density at radius 1 is 1.47 bits per heavy atom. The van der Waals surface area contributed by atoms with Crippen LogP contribution >= 0.6 is 0 Å². The van der Waals surface area contributed by atoms with Gasteiger partial charge in [-0.3, -0.25) is 0 Å². The molecule has 1 heterocycles. The lowest BCUT2D eigenvalue weighted by Gasteiger charge is -2.15. The average Bonchev–Trinajstić information content (AvgIpc) is 2.70. The van der Waals surface area contributed by atoms with E-state index in [2.05, 4.69) is 29.5 Å². The summed E-state index contributed by atoms with van der Waals surface area (Å²) in [6.07, 6.45) is 3.11. The molecule has 0 aromatic carbocycles. The Morgan fingerprint density at radius 2 is 2.18 bits per heavy atom. The first-order valence-corrected chi connectivity index (χ1v) is 9.31. The van der Waals surface area contributed by atoms with Crippen molar-refractivity contribution in [3.05, 3.63) is 18.0 Å². The van der Waals surface area contributed by atoms with Gasteiger partial charge < -0.3 is 9.47 Å². The Balaban J connectivity index is 2.33. The smallest absolute Gasteiger partial charge is 0.341 e. The van der Waals surface area contributed by atoms with E-state index < -0.39 is 8.07 Å². The van der Waals surface area contributed by atoms with Crippen LogP contribution in [-0.2, 0) is 16.2 Å². The van der Waals surface area contributed by atoms with E-state index in [1.54, 1.807) is 10.9 Å². The fraction of sp³-hybridized carbons (Fsp3) is 0.636. The Labute approximate surface area is 103 Å². The molecular formula is C11H20N2O3Si. The van der Waals surface area contributed by atoms with Crippen LogP contribution in [0.1, 0.15) is 10.4 Å². The highest BCUT2D eigenvalue weighted by molar-refractivity contribution is 6.76. The molecule has 0 aliphatic carbocycles. The average molecular weight is 256 g/mol. The highest BCUT2D eigenvalue weighted by Crippen LogP contribution is 2.08. The van der Waals surface area contributed by atoms with E-state index in [4.69, 9.17) is 4.74 Å². The molecule has 96 valence electrons. The van der Waals surface area contributed by atoms with Crippen molar-refractivity contribution < 1.29 is 14.3 Å². The Hall–Kier alpha value is -1.14. The summed E-state index contributed by atoms with van der Waals surface area (Å²) in [5, 5.41) is 4.02. The number of esters is 1. The van der Waals surface area contributed by atoms with Crippen LogP contribution in [0.25, 0.3) is 0 Å². The molecule has 17 heavy (non-hydrogen) atoms. The van der Waals surface area contributed by atoms with Crippen molar-refractivity contribution in [1.29, 1.82) is 0 Å². The minimum absolute atomic E-state index is 0.376. The van der Waals surface area contributed by atoms with Crippen LogP contribution in [0.15, 0.2) is 12.4 Å². The Bertz CT molecular complexity index is 371. The van der Waals surface area contributed by atoms with Crippen molar-refractivity contribution in [3.8, 4) is 0 Å². The second kappa shape index (κ2) is 5.97. The number of rotatable bonds is 6. The minimum atomic E-state index is -1.04. The quantitative estimate of drug-likeness (QED) is 0.444. The molecule has 0 bridgehead atoms. The van der Waals surface area contributed by atoms with E-state index in [1.807, 2.05) is 0 Å². The number of carbonyl (C=O) groups is 1. The van der Waals surface area contributed by atoms with E-state index in [9.17, 15) is 4.79 Å². The molecule has 0 unspecified atom stereocenters. The van der Waals surface area contributed by atoms with Gasteiger partial charge in [-0.05, 0) is 6.04 Å². The molecule has 0 amide bonds. The maximum Gasteiger partial charge on any atom is 0.341 e. The molecule has 0 fully saturated rings. The van der Waals surface area contributed by atoms with Gasteiger partial charge >= 0.3 is 5.97 Å². The molecular weight excluding hydrogens is 236 g/mol. The van der Waals surface area contributed by atoms with Gasteiger partial charge in [0.1, 0.15) is 6.73 Å². The summed E-state index contributed by atoms with van der Waals surface area (Å²) in [7, 11) is 0.309. The predicted octanol–water partition coefficient (Wildman–Crippen LogP) is 1.98. The third-order valence-electron chi connectivity index (χ3n) is 2.27. The summed E-state index contributed by atoms with van der Waals surface area (Å²) in [5.41, 5.74) is 0.446. The normalized spacial score (nSPS) is 11.5. The largest absolute Gasteiger partial charge is 0.465 e. The minimum Gasteiger partial charge on any atom is -0.465 e. The van der Waals surface area contributed by atoms with Crippen LogP contribution in [0.3, 0.4) is 0 Å². The first-order valence-electron chi connectivity index (χ1n) is 5.61. The summed E-state index contributed by atoms with van der Waals surface area (Å²) < 4.78 is 11.7. The molecule has 0 saturated heterocycles. The van der Waals surface area contributed by atoms with Gasteiger partial charge in [-0.1, -0.05) is 19.6 Å². The van der Waals surface area contributed by atoms with Crippen LogP contribution in [0.2, 0.25) is 25.7 Å². The lowest BCUT2D eigenvalue weighted by Crippen LogP contribution is -2.22. The molecule has 0 atom stereocenters. The number of methoxy groups -OCH3 is 1. The highest BCUT2D eigenvalue weighted by atomic mass is 28.3. The van der Waals surface area contributed by atoms with Crippen LogP contribution in [-0.4, -0.2) is 37.5 Å². The van der Waals surface area contributed by atoms with Crippen LogP contribution < -0.4 is 0 Å². The number of hydrogen-bond acceptors (Lipinski definition) is 4. The fourth-order valence-electron chi connectivity index (χ4n) is 1.19. The third kappa shape index (κ3) is 5.14.